The highest BCUT2D eigenvalue weighted by atomic mass is 16.4. The molecule has 0 saturated heterocycles. The number of anilines is 2. The molecule has 0 atom stereocenters. The number of nitrogens with one attached hydrogen (secondary N) is 1. The predicted octanol–water partition coefficient (Wildman–Crippen LogP) is 5.44. The number of hydrogen-bond donors (Lipinski definition) is 2. The SMILES string of the molecule is Cc1ccc(Nc2cccc3c2ccn3Cc2ccccc2)c(C(=O)O)c1. The smallest absolute Gasteiger partial charge is 0.337 e. The highest BCUT2D eigenvalue weighted by molar-refractivity contribution is 5.99. The van der Waals surface area contributed by atoms with Crippen LogP contribution in [0.3, 0.4) is 0 Å². The van der Waals surface area contributed by atoms with Crippen molar-refractivity contribution in [1.82, 2.24) is 4.57 Å². The van der Waals surface area contributed by atoms with Crippen LogP contribution in [-0.2, 0) is 6.54 Å². The van der Waals surface area contributed by atoms with E-state index in [1.165, 1.54) is 5.56 Å². The Labute approximate surface area is 157 Å². The minimum absolute atomic E-state index is 0.274. The maximum atomic E-state index is 11.6. The number of carboxylic acids is 1. The molecule has 4 heteroatoms. The lowest BCUT2D eigenvalue weighted by Gasteiger charge is -2.12. The van der Waals surface area contributed by atoms with Gasteiger partial charge in [-0.2, -0.15) is 0 Å². The Kier molecular flexibility index (Phi) is 4.38. The highest BCUT2D eigenvalue weighted by Crippen LogP contribution is 2.29. The number of aryl methyl sites for hydroxylation is 1. The first kappa shape index (κ1) is 16.9. The molecule has 0 aliphatic heterocycles. The minimum Gasteiger partial charge on any atom is -0.478 e. The lowest BCUT2D eigenvalue weighted by Crippen LogP contribution is -2.03. The Morgan fingerprint density at radius 1 is 0.963 bits per heavy atom. The summed E-state index contributed by atoms with van der Waals surface area (Å²) in [6.07, 6.45) is 2.07. The molecule has 1 aromatic heterocycles. The van der Waals surface area contributed by atoms with Crippen LogP contribution in [0.25, 0.3) is 10.9 Å². The number of carbonyl (C=O) groups is 1. The second-order valence-corrected chi connectivity index (χ2v) is 6.65. The van der Waals surface area contributed by atoms with Crippen molar-refractivity contribution in [3.8, 4) is 0 Å². The molecule has 0 fully saturated rings. The van der Waals surface area contributed by atoms with Gasteiger partial charge in [0, 0.05) is 23.8 Å². The Morgan fingerprint density at radius 2 is 1.78 bits per heavy atom. The van der Waals surface area contributed by atoms with E-state index in [0.29, 0.717) is 5.69 Å². The van der Waals surface area contributed by atoms with Crippen molar-refractivity contribution < 1.29 is 9.90 Å². The maximum Gasteiger partial charge on any atom is 0.337 e. The fourth-order valence-electron chi connectivity index (χ4n) is 3.34. The van der Waals surface area contributed by atoms with Crippen LogP contribution in [0.5, 0.6) is 0 Å². The van der Waals surface area contributed by atoms with E-state index in [4.69, 9.17) is 0 Å². The largest absolute Gasteiger partial charge is 0.478 e. The van der Waals surface area contributed by atoms with Crippen molar-refractivity contribution in [1.29, 1.82) is 0 Å². The molecule has 0 saturated carbocycles. The molecule has 0 radical (unpaired) electrons. The van der Waals surface area contributed by atoms with Gasteiger partial charge in [-0.3, -0.25) is 0 Å². The van der Waals surface area contributed by atoms with Crippen LogP contribution >= 0.6 is 0 Å². The van der Waals surface area contributed by atoms with E-state index >= 15 is 0 Å². The second-order valence-electron chi connectivity index (χ2n) is 6.65. The lowest BCUT2D eigenvalue weighted by molar-refractivity contribution is 0.0698. The van der Waals surface area contributed by atoms with Gasteiger partial charge in [-0.1, -0.05) is 48.0 Å². The van der Waals surface area contributed by atoms with Crippen LogP contribution < -0.4 is 5.32 Å². The van der Waals surface area contributed by atoms with Crippen LogP contribution in [0.15, 0.2) is 79.0 Å². The van der Waals surface area contributed by atoms with Crippen LogP contribution in [0.1, 0.15) is 21.5 Å². The van der Waals surface area contributed by atoms with Gasteiger partial charge < -0.3 is 15.0 Å². The Morgan fingerprint density at radius 3 is 2.56 bits per heavy atom. The molecule has 4 nitrogen and oxygen atoms in total. The number of benzene rings is 3. The molecule has 0 aliphatic rings. The summed E-state index contributed by atoms with van der Waals surface area (Å²) in [6, 6.07) is 23.8. The van der Waals surface area contributed by atoms with E-state index in [1.54, 1.807) is 6.07 Å². The molecule has 0 aliphatic carbocycles. The number of aromatic nitrogens is 1. The van der Waals surface area contributed by atoms with Gasteiger partial charge >= 0.3 is 5.97 Å². The number of aromatic carboxylic acids is 1. The number of nitrogens with zero attached hydrogens (tertiary/aromatic N) is 1. The van der Waals surface area contributed by atoms with Crippen LogP contribution in [0.4, 0.5) is 11.4 Å². The molecule has 27 heavy (non-hydrogen) atoms. The number of hydrogen-bond acceptors (Lipinski definition) is 2. The van der Waals surface area contributed by atoms with Crippen molar-refractivity contribution in [2.75, 3.05) is 5.32 Å². The molecule has 2 N–H and O–H groups in total. The van der Waals surface area contributed by atoms with Crippen LogP contribution in [0, 0.1) is 6.92 Å². The third kappa shape index (κ3) is 3.42. The van der Waals surface area contributed by atoms with Crippen LogP contribution in [-0.4, -0.2) is 15.6 Å². The topological polar surface area (TPSA) is 54.3 Å². The zero-order chi connectivity index (χ0) is 18.8. The number of rotatable bonds is 5. The predicted molar refractivity (Wildman–Crippen MR) is 109 cm³/mol. The standard InChI is InChI=1S/C23H20N2O2/c1-16-10-11-21(19(14-16)23(26)27)24-20-8-5-9-22-18(20)12-13-25(22)15-17-6-3-2-4-7-17/h2-14,24H,15H2,1H3,(H,26,27). The molecule has 4 aromatic rings. The van der Waals surface area contributed by atoms with Gasteiger partial charge in [0.15, 0.2) is 0 Å². The lowest BCUT2D eigenvalue weighted by atomic mass is 10.1. The quantitative estimate of drug-likeness (QED) is 0.501. The fourth-order valence-corrected chi connectivity index (χ4v) is 3.34. The molecular formula is C23H20N2O2. The van der Waals surface area contributed by atoms with Crippen molar-refractivity contribution in [2.24, 2.45) is 0 Å². The molecule has 0 amide bonds. The molecule has 4 rings (SSSR count). The minimum atomic E-state index is -0.935. The molecule has 3 aromatic carbocycles. The normalized spacial score (nSPS) is 10.9. The van der Waals surface area contributed by atoms with Gasteiger partial charge in [-0.15, -0.1) is 0 Å². The van der Waals surface area contributed by atoms with Crippen molar-refractivity contribution >= 4 is 28.2 Å². The van der Waals surface area contributed by atoms with Gasteiger partial charge in [-0.05, 0) is 42.8 Å². The van der Waals surface area contributed by atoms with E-state index in [9.17, 15) is 9.90 Å². The van der Waals surface area contributed by atoms with E-state index in [0.717, 1.165) is 28.7 Å². The summed E-state index contributed by atoms with van der Waals surface area (Å²) in [6.45, 7) is 2.68. The van der Waals surface area contributed by atoms with E-state index in [-0.39, 0.29) is 5.56 Å². The van der Waals surface area contributed by atoms with E-state index in [1.807, 2.05) is 49.4 Å². The molecule has 0 bridgehead atoms. The Balaban J connectivity index is 1.71. The van der Waals surface area contributed by atoms with E-state index in [2.05, 4.69) is 40.3 Å². The number of carboxylic acid groups (broad SMARTS) is 1. The fraction of sp³-hybridized carbons (Fsp3) is 0.0870. The summed E-state index contributed by atoms with van der Waals surface area (Å²) in [7, 11) is 0. The summed E-state index contributed by atoms with van der Waals surface area (Å²) in [5, 5.41) is 13.9. The summed E-state index contributed by atoms with van der Waals surface area (Å²) < 4.78 is 2.20. The first-order valence-corrected chi connectivity index (χ1v) is 8.84. The first-order valence-electron chi connectivity index (χ1n) is 8.84. The summed E-state index contributed by atoms with van der Waals surface area (Å²) in [5.41, 5.74) is 5.02. The van der Waals surface area contributed by atoms with Gasteiger partial charge in [0.05, 0.1) is 16.8 Å². The maximum absolute atomic E-state index is 11.6. The van der Waals surface area contributed by atoms with Crippen LogP contribution in [0.2, 0.25) is 0 Å². The summed E-state index contributed by atoms with van der Waals surface area (Å²) in [5.74, 6) is -0.935. The van der Waals surface area contributed by atoms with E-state index < -0.39 is 5.97 Å². The zero-order valence-corrected chi connectivity index (χ0v) is 15.0. The van der Waals surface area contributed by atoms with Crippen molar-refractivity contribution in [2.45, 2.75) is 13.5 Å². The summed E-state index contributed by atoms with van der Waals surface area (Å²) in [4.78, 5) is 11.6. The molecular weight excluding hydrogens is 336 g/mol. The average molecular weight is 356 g/mol. The van der Waals surface area contributed by atoms with Gasteiger partial charge in [0.25, 0.3) is 0 Å². The molecule has 1 heterocycles. The van der Waals surface area contributed by atoms with Gasteiger partial charge in [0.2, 0.25) is 0 Å². The highest BCUT2D eigenvalue weighted by Gasteiger charge is 2.12. The Bertz CT molecular complexity index is 1110. The average Bonchev–Trinajstić information content (AvgIpc) is 3.08. The molecule has 0 spiro atoms. The molecule has 134 valence electrons. The number of fused-ring (bicyclic) bond motifs is 1. The second kappa shape index (κ2) is 7.00. The molecule has 0 unspecified atom stereocenters. The Hall–Kier alpha value is -3.53. The monoisotopic (exact) mass is 356 g/mol. The third-order valence-electron chi connectivity index (χ3n) is 4.68. The first-order chi connectivity index (χ1) is 13.1. The summed E-state index contributed by atoms with van der Waals surface area (Å²) >= 11 is 0. The zero-order valence-electron chi connectivity index (χ0n) is 15.0. The third-order valence-corrected chi connectivity index (χ3v) is 4.68. The van der Waals surface area contributed by atoms with Crippen molar-refractivity contribution in [3.63, 3.8) is 0 Å². The van der Waals surface area contributed by atoms with Gasteiger partial charge in [0.1, 0.15) is 0 Å². The van der Waals surface area contributed by atoms with Gasteiger partial charge in [-0.25, -0.2) is 4.79 Å². The van der Waals surface area contributed by atoms with Crippen molar-refractivity contribution in [3.05, 3.63) is 95.7 Å².